The molecule has 0 unspecified atom stereocenters. The molecule has 4 aliphatic rings. The first-order valence-corrected chi connectivity index (χ1v) is 18.2. The highest BCUT2D eigenvalue weighted by Crippen LogP contribution is 2.42. The predicted molar refractivity (Wildman–Crippen MR) is 201 cm³/mol. The number of aromatic hydroxyl groups is 2. The average molecular weight is 956 g/mol. The number of carbonyl (C=O) groups excluding carboxylic acids is 2. The van der Waals surface area contributed by atoms with Gasteiger partial charge in [-0.25, -0.2) is 0 Å². The van der Waals surface area contributed by atoms with Crippen molar-refractivity contribution in [1.29, 1.82) is 0 Å². The van der Waals surface area contributed by atoms with Crippen LogP contribution in [0.2, 0.25) is 0 Å². The van der Waals surface area contributed by atoms with Crippen LogP contribution < -0.4 is 20.1 Å². The number of benzene rings is 4. The Morgan fingerprint density at radius 2 is 1.14 bits per heavy atom. The van der Waals surface area contributed by atoms with Crippen LogP contribution in [0.3, 0.4) is 0 Å². The van der Waals surface area contributed by atoms with E-state index in [1.54, 1.807) is 48.5 Å². The van der Waals surface area contributed by atoms with Gasteiger partial charge in [-0.1, -0.05) is 22.4 Å². The maximum atomic E-state index is 13.0. The summed E-state index contributed by atoms with van der Waals surface area (Å²) < 4.78 is 13.5. The third-order valence-corrected chi connectivity index (χ3v) is 10.1. The summed E-state index contributed by atoms with van der Waals surface area (Å²) in [5.41, 5.74) is 1.77. The topological polar surface area (TPSA) is 203 Å². The van der Waals surface area contributed by atoms with Crippen molar-refractivity contribution in [3.63, 3.8) is 0 Å². The van der Waals surface area contributed by atoms with Crippen LogP contribution in [0.15, 0.2) is 88.9 Å². The summed E-state index contributed by atoms with van der Waals surface area (Å²) >= 11 is 13.5. The number of hydrogen-bond donors (Lipinski definition) is 7. The van der Waals surface area contributed by atoms with Crippen molar-refractivity contribution in [3.05, 3.63) is 101 Å². The molecule has 4 aliphatic heterocycles. The van der Waals surface area contributed by atoms with Crippen LogP contribution in [0.25, 0.3) is 0 Å². The molecule has 2 amide bonds. The van der Waals surface area contributed by atoms with Crippen LogP contribution in [0, 0.1) is 0 Å². The van der Waals surface area contributed by atoms with Gasteiger partial charge in [0.15, 0.2) is 23.0 Å². The van der Waals surface area contributed by atoms with Gasteiger partial charge in [-0.2, -0.15) is 0 Å². The predicted octanol–water partition coefficient (Wildman–Crippen LogP) is 7.00. The normalized spacial score (nSPS) is 17.6. The van der Waals surface area contributed by atoms with E-state index in [0.29, 0.717) is 53.6 Å². The first kappa shape index (κ1) is 38.1. The van der Waals surface area contributed by atoms with Crippen LogP contribution in [0.4, 0.5) is 0 Å². The van der Waals surface area contributed by atoms with Crippen molar-refractivity contribution in [2.45, 2.75) is 25.4 Å². The van der Waals surface area contributed by atoms with Gasteiger partial charge in [0.1, 0.15) is 22.9 Å². The lowest BCUT2D eigenvalue weighted by molar-refractivity contribution is -0.116. The second-order valence-corrected chi connectivity index (χ2v) is 14.6. The Kier molecular flexibility index (Phi) is 12.6. The van der Waals surface area contributed by atoms with Crippen molar-refractivity contribution in [2.75, 3.05) is 13.1 Å². The quantitative estimate of drug-likeness (QED) is 0.0716. The average Bonchev–Trinajstić information content (AvgIpc) is 3.10. The van der Waals surface area contributed by atoms with Gasteiger partial charge in [-0.15, -0.1) is 0 Å². The third kappa shape index (κ3) is 9.39. The number of halogens is 4. The Morgan fingerprint density at radius 3 is 1.73 bits per heavy atom. The lowest BCUT2D eigenvalue weighted by Crippen LogP contribution is -2.35. The third-order valence-electron chi connectivity index (χ3n) is 7.62. The minimum atomic E-state index is -1.16. The summed E-state index contributed by atoms with van der Waals surface area (Å²) in [6, 6.07) is 16.0. The Bertz CT molecular complexity index is 2060. The fourth-order valence-corrected chi connectivity index (χ4v) is 6.94. The molecule has 51 heavy (non-hydrogen) atoms. The molecule has 4 aromatic rings. The molecule has 8 rings (SSSR count). The van der Waals surface area contributed by atoms with Crippen LogP contribution >= 0.6 is 63.7 Å². The van der Waals surface area contributed by atoms with E-state index in [-0.39, 0.29) is 64.8 Å². The lowest BCUT2D eigenvalue weighted by Gasteiger charge is -2.16. The zero-order chi connectivity index (χ0) is 36.8. The van der Waals surface area contributed by atoms with E-state index < -0.39 is 17.9 Å². The molecule has 1 atom stereocenters. The van der Waals surface area contributed by atoms with Gasteiger partial charge in [-0.3, -0.25) is 9.59 Å². The molecular weight excluding hydrogens is 928 g/mol. The Labute approximate surface area is 324 Å². The SMILES string of the molecule is O=C1NC[C@@H](O)c2ccc(c(Br)c2)Oc2cc(cc(Br)c2O)CCNC(=O)/C(=N/O)Cc2ccc(c(Br)c2)Oc2cc(cc(Br)c2O)CC1=NO. The molecule has 266 valence electrons. The zero-order valence-corrected chi connectivity index (χ0v) is 32.5. The Morgan fingerprint density at radius 1 is 0.627 bits per heavy atom. The van der Waals surface area contributed by atoms with Crippen LogP contribution in [0.5, 0.6) is 34.5 Å². The second-order valence-electron chi connectivity index (χ2n) is 11.2. The number of aliphatic hydroxyl groups is 1. The Hall–Kier alpha value is -4.16. The number of nitrogens with zero attached hydrogens (tertiary/aromatic N) is 2. The van der Waals surface area contributed by atoms with Gasteiger partial charge in [0.05, 0.1) is 24.0 Å². The number of phenolic OH excluding ortho intramolecular Hbond substituents is 2. The van der Waals surface area contributed by atoms with Crippen molar-refractivity contribution in [1.82, 2.24) is 10.6 Å². The monoisotopic (exact) mass is 952 g/mol. The molecular formula is C34H28Br4N4O9. The molecule has 17 heteroatoms. The molecule has 4 aromatic carbocycles. The van der Waals surface area contributed by atoms with E-state index in [1.807, 2.05) is 0 Å². The molecule has 0 fully saturated rings. The van der Waals surface area contributed by atoms with Gasteiger partial charge >= 0.3 is 0 Å². The highest BCUT2D eigenvalue weighted by Gasteiger charge is 2.21. The van der Waals surface area contributed by atoms with E-state index >= 15 is 0 Å². The molecule has 0 saturated heterocycles. The lowest BCUT2D eigenvalue weighted by atomic mass is 10.1. The summed E-state index contributed by atoms with van der Waals surface area (Å²) in [5.74, 6) is -0.953. The second kappa shape index (κ2) is 16.9. The number of rotatable bonds is 0. The van der Waals surface area contributed by atoms with Gasteiger partial charge in [0, 0.05) is 25.9 Å². The van der Waals surface area contributed by atoms with E-state index in [4.69, 9.17) is 9.47 Å². The molecule has 13 nitrogen and oxygen atoms in total. The molecule has 0 spiro atoms. The minimum Gasteiger partial charge on any atom is -0.503 e. The number of ether oxygens (including phenoxy) is 2. The van der Waals surface area contributed by atoms with E-state index in [9.17, 15) is 35.3 Å². The molecule has 4 heterocycles. The molecule has 7 N–H and O–H groups in total. The fourth-order valence-electron chi connectivity index (χ4n) is 4.98. The smallest absolute Gasteiger partial charge is 0.269 e. The zero-order valence-electron chi connectivity index (χ0n) is 26.2. The molecule has 0 radical (unpaired) electrons. The highest BCUT2D eigenvalue weighted by atomic mass is 79.9. The van der Waals surface area contributed by atoms with Crippen LogP contribution in [-0.2, 0) is 28.9 Å². The first-order valence-electron chi connectivity index (χ1n) is 15.0. The van der Waals surface area contributed by atoms with Crippen LogP contribution in [-0.4, -0.2) is 62.1 Å². The van der Waals surface area contributed by atoms with Crippen molar-refractivity contribution in [2.24, 2.45) is 10.3 Å². The number of carbonyl (C=O) groups is 2. The molecule has 0 aliphatic carbocycles. The fraction of sp³-hybridized carbons (Fsp3) is 0.176. The van der Waals surface area contributed by atoms with Gasteiger partial charge in [0.2, 0.25) is 0 Å². The standard InChI is InChI=1S/C34H28Br4N4O9/c35-20-7-16-1-3-27(20)50-30-13-18(9-23(38)32(30)45)11-25(42-49)34(47)40-15-26(43)19-2-4-28(21(36)14-19)51-29-12-17(8-22(37)31(29)44)5-6-39-33(46)24(10-16)41-48/h1-4,7-9,12-14,26,43-45,48-49H,5-6,10-11,15H2,(H,39,46)(H,40,47)/b41-24+,42-25?/t26-/m1/s1. The van der Waals surface area contributed by atoms with Gasteiger partial charge < -0.3 is 45.8 Å². The maximum absolute atomic E-state index is 13.0. The minimum absolute atomic E-state index is 0.0216. The number of amides is 2. The summed E-state index contributed by atoms with van der Waals surface area (Å²) in [6.45, 7) is -0.0539. The van der Waals surface area contributed by atoms with Crippen LogP contribution in [0.1, 0.15) is 28.4 Å². The summed E-state index contributed by atoms with van der Waals surface area (Å²) in [5, 5.41) is 63.2. The Balaban J connectivity index is 1.47. The number of aliphatic hydroxyl groups excluding tert-OH is 1. The number of phenols is 2. The summed E-state index contributed by atoms with van der Waals surface area (Å²) in [4.78, 5) is 25.9. The van der Waals surface area contributed by atoms with Gasteiger partial charge in [-0.05, 0) is 141 Å². The first-order chi connectivity index (χ1) is 24.4. The maximum Gasteiger partial charge on any atom is 0.269 e. The largest absolute Gasteiger partial charge is 0.503 e. The van der Waals surface area contributed by atoms with Crippen molar-refractivity contribution >= 4 is 87.0 Å². The molecule has 8 bridgehead atoms. The van der Waals surface area contributed by atoms with Crippen molar-refractivity contribution in [3.8, 4) is 34.5 Å². The van der Waals surface area contributed by atoms with Crippen molar-refractivity contribution < 1.29 is 44.8 Å². The summed E-state index contributed by atoms with van der Waals surface area (Å²) in [6.07, 6.45) is -1.01. The van der Waals surface area contributed by atoms with E-state index in [0.717, 1.165) is 0 Å². The number of nitrogens with one attached hydrogen (secondary N) is 2. The number of hydrogen-bond acceptors (Lipinski definition) is 11. The number of oxime groups is 2. The summed E-state index contributed by atoms with van der Waals surface area (Å²) in [7, 11) is 0. The van der Waals surface area contributed by atoms with E-state index in [1.165, 1.54) is 12.1 Å². The highest BCUT2D eigenvalue weighted by molar-refractivity contribution is 9.11. The van der Waals surface area contributed by atoms with E-state index in [2.05, 4.69) is 84.7 Å². The van der Waals surface area contributed by atoms with Gasteiger partial charge in [0.25, 0.3) is 11.8 Å². The molecule has 0 saturated carbocycles. The molecule has 0 aromatic heterocycles.